The van der Waals surface area contributed by atoms with Gasteiger partial charge in [-0.25, -0.2) is 4.98 Å². The van der Waals surface area contributed by atoms with Gasteiger partial charge in [-0.1, -0.05) is 23.7 Å². The highest BCUT2D eigenvalue weighted by molar-refractivity contribution is 7.71. The maximum Gasteiger partial charge on any atom is 0.269 e. The molecule has 0 amide bonds. The molecule has 9 nitrogen and oxygen atoms in total. The first-order valence-electron chi connectivity index (χ1n) is 7.78. The second kappa shape index (κ2) is 5.83. The van der Waals surface area contributed by atoms with Crippen molar-refractivity contribution in [3.63, 3.8) is 0 Å². The number of hydrogen-bond acceptors (Lipinski definition) is 6. The maximum absolute atomic E-state index is 13.3. The molecule has 0 atom stereocenters. The van der Waals surface area contributed by atoms with E-state index in [1.807, 2.05) is 12.1 Å². The molecule has 0 spiro atoms. The Kier molecular flexibility index (Phi) is 3.42. The first-order chi connectivity index (χ1) is 13.1. The number of rotatable bonds is 2. The number of halogens is 1. The van der Waals surface area contributed by atoms with Crippen molar-refractivity contribution in [1.82, 2.24) is 39.3 Å². The summed E-state index contributed by atoms with van der Waals surface area (Å²) < 4.78 is 3.14. The lowest BCUT2D eigenvalue weighted by atomic mass is 10.1. The highest BCUT2D eigenvalue weighted by atomic mass is 35.5. The minimum atomic E-state index is -0.319. The predicted octanol–water partition coefficient (Wildman–Crippen LogP) is 2.53. The van der Waals surface area contributed by atoms with Crippen LogP contribution in [0.25, 0.3) is 33.9 Å². The molecule has 0 aliphatic rings. The van der Waals surface area contributed by atoms with Gasteiger partial charge in [0.15, 0.2) is 0 Å². The van der Waals surface area contributed by atoms with Crippen LogP contribution in [0, 0.1) is 4.77 Å². The Hall–Kier alpha value is -3.37. The summed E-state index contributed by atoms with van der Waals surface area (Å²) in [4.78, 5) is 26.0. The van der Waals surface area contributed by atoms with E-state index in [0.717, 1.165) is 5.56 Å². The molecule has 132 valence electrons. The highest BCUT2D eigenvalue weighted by Crippen LogP contribution is 2.27. The summed E-state index contributed by atoms with van der Waals surface area (Å²) in [5.74, 6) is 0.677. The van der Waals surface area contributed by atoms with E-state index in [-0.39, 0.29) is 16.3 Å². The Balaban J connectivity index is 1.94. The third-order valence-corrected chi connectivity index (χ3v) is 4.55. The average molecular weight is 397 g/mol. The topological polar surface area (TPSA) is 110 Å². The summed E-state index contributed by atoms with van der Waals surface area (Å²) in [6.45, 7) is 0. The van der Waals surface area contributed by atoms with Gasteiger partial charge in [0.1, 0.15) is 6.33 Å². The minimum absolute atomic E-state index is 0.250. The van der Waals surface area contributed by atoms with Crippen LogP contribution in [0.4, 0.5) is 0 Å². The second-order valence-electron chi connectivity index (χ2n) is 5.68. The van der Waals surface area contributed by atoms with Gasteiger partial charge in [0.25, 0.3) is 11.3 Å². The van der Waals surface area contributed by atoms with Gasteiger partial charge < -0.3 is 0 Å². The molecular formula is C16H9ClN8OS. The molecule has 0 aliphatic heterocycles. The van der Waals surface area contributed by atoms with E-state index in [0.29, 0.717) is 27.4 Å². The molecule has 1 aromatic carbocycles. The van der Waals surface area contributed by atoms with Gasteiger partial charge in [-0.3, -0.25) is 19.6 Å². The van der Waals surface area contributed by atoms with Gasteiger partial charge >= 0.3 is 0 Å². The monoisotopic (exact) mass is 396 g/mol. The lowest BCUT2D eigenvalue weighted by Crippen LogP contribution is -2.21. The van der Waals surface area contributed by atoms with Crippen LogP contribution in [-0.2, 0) is 0 Å². The van der Waals surface area contributed by atoms with E-state index < -0.39 is 0 Å². The fourth-order valence-electron chi connectivity index (χ4n) is 2.94. The van der Waals surface area contributed by atoms with Crippen LogP contribution < -0.4 is 5.56 Å². The largest absolute Gasteiger partial charge is 0.272 e. The van der Waals surface area contributed by atoms with Crippen molar-refractivity contribution in [2.75, 3.05) is 0 Å². The molecule has 0 fully saturated rings. The zero-order valence-corrected chi connectivity index (χ0v) is 15.0. The molecule has 0 aliphatic carbocycles. The molecule has 4 heterocycles. The highest BCUT2D eigenvalue weighted by Gasteiger charge is 2.18. The fourth-order valence-corrected chi connectivity index (χ4v) is 3.21. The fraction of sp³-hybridized carbons (Fsp3) is 0. The Labute approximate surface area is 160 Å². The number of nitrogens with one attached hydrogen (secondary N) is 2. The summed E-state index contributed by atoms with van der Waals surface area (Å²) in [7, 11) is 0. The van der Waals surface area contributed by atoms with Crippen LogP contribution >= 0.6 is 23.8 Å². The van der Waals surface area contributed by atoms with Crippen LogP contribution in [0.5, 0.6) is 0 Å². The lowest BCUT2D eigenvalue weighted by Gasteiger charge is -2.10. The van der Waals surface area contributed by atoms with Crippen LogP contribution in [0.2, 0.25) is 5.02 Å². The van der Waals surface area contributed by atoms with Gasteiger partial charge in [-0.05, 0) is 30.4 Å². The van der Waals surface area contributed by atoms with Crippen LogP contribution in [0.3, 0.4) is 0 Å². The number of H-pyrrole nitrogens is 2. The van der Waals surface area contributed by atoms with E-state index in [1.165, 1.54) is 15.4 Å². The van der Waals surface area contributed by atoms with Crippen molar-refractivity contribution < 1.29 is 0 Å². The molecule has 2 N–H and O–H groups in total. The lowest BCUT2D eigenvalue weighted by molar-refractivity contribution is 0.895. The number of hydrogen-bond donors (Lipinski definition) is 2. The van der Waals surface area contributed by atoms with Crippen LogP contribution in [-0.4, -0.2) is 39.3 Å². The first kappa shape index (κ1) is 15.9. The molecule has 0 bridgehead atoms. The molecule has 27 heavy (non-hydrogen) atoms. The minimum Gasteiger partial charge on any atom is -0.272 e. The van der Waals surface area contributed by atoms with Crippen molar-refractivity contribution in [2.45, 2.75) is 0 Å². The smallest absolute Gasteiger partial charge is 0.269 e. The Morgan fingerprint density at radius 3 is 2.63 bits per heavy atom. The molecule has 5 rings (SSSR count). The zero-order chi connectivity index (χ0) is 18.5. The third-order valence-electron chi connectivity index (χ3n) is 4.10. The standard InChI is InChI=1S/C16H9ClN8OS/c17-9-3-1-8(2-4-9)12-11-10(20-14-18-7-19-25(12)14)5-6-24(13(11)26)15-21-16(27)23-22-15/h1-7H,(H2,21,22,23,27). The normalized spacial score (nSPS) is 11.4. The van der Waals surface area contributed by atoms with Gasteiger partial charge in [-0.2, -0.15) is 19.6 Å². The number of nitrogens with zero attached hydrogens (tertiary/aromatic N) is 6. The SMILES string of the molecule is O=c1c2c(-c3ccc(Cl)cc3)n3ncnc3nc2ccn1-c1nc(=S)[nH][nH]1. The van der Waals surface area contributed by atoms with E-state index in [4.69, 9.17) is 23.8 Å². The number of aromatic amines is 2. The van der Waals surface area contributed by atoms with Gasteiger partial charge in [-0.15, -0.1) is 0 Å². The van der Waals surface area contributed by atoms with Crippen molar-refractivity contribution in [2.24, 2.45) is 0 Å². The van der Waals surface area contributed by atoms with E-state index in [1.54, 1.807) is 24.4 Å². The number of fused-ring (bicyclic) bond motifs is 2. The predicted molar refractivity (Wildman–Crippen MR) is 102 cm³/mol. The summed E-state index contributed by atoms with van der Waals surface area (Å²) in [6.07, 6.45) is 2.97. The summed E-state index contributed by atoms with van der Waals surface area (Å²) in [5.41, 5.74) is 1.50. The molecular weight excluding hydrogens is 388 g/mol. The summed E-state index contributed by atoms with van der Waals surface area (Å²) in [5, 5.41) is 10.7. The Bertz CT molecular complexity index is 1430. The van der Waals surface area contributed by atoms with Crippen molar-refractivity contribution >= 4 is 40.5 Å². The molecule has 4 aromatic heterocycles. The molecule has 11 heteroatoms. The molecule has 5 aromatic rings. The first-order valence-corrected chi connectivity index (χ1v) is 8.56. The van der Waals surface area contributed by atoms with E-state index in [9.17, 15) is 4.79 Å². The Morgan fingerprint density at radius 2 is 1.89 bits per heavy atom. The third kappa shape index (κ3) is 2.46. The number of benzene rings is 1. The average Bonchev–Trinajstić information content (AvgIpc) is 3.30. The molecule has 0 unspecified atom stereocenters. The Morgan fingerprint density at radius 1 is 1.07 bits per heavy atom. The second-order valence-corrected chi connectivity index (χ2v) is 6.50. The van der Waals surface area contributed by atoms with Crippen molar-refractivity contribution in [3.8, 4) is 17.2 Å². The quantitative estimate of drug-likeness (QED) is 0.444. The van der Waals surface area contributed by atoms with Crippen molar-refractivity contribution in [1.29, 1.82) is 0 Å². The molecule has 0 saturated heterocycles. The molecule has 0 saturated carbocycles. The summed E-state index contributed by atoms with van der Waals surface area (Å²) >= 11 is 11.0. The van der Waals surface area contributed by atoms with Gasteiger partial charge in [0.05, 0.1) is 16.6 Å². The van der Waals surface area contributed by atoms with Crippen molar-refractivity contribution in [3.05, 3.63) is 63.0 Å². The van der Waals surface area contributed by atoms with E-state index in [2.05, 4.69) is 30.2 Å². The number of pyridine rings is 1. The summed E-state index contributed by atoms with van der Waals surface area (Å²) in [6, 6.07) is 8.85. The van der Waals surface area contributed by atoms with Crippen LogP contribution in [0.1, 0.15) is 0 Å². The van der Waals surface area contributed by atoms with E-state index >= 15 is 0 Å². The van der Waals surface area contributed by atoms with Gasteiger partial charge in [0, 0.05) is 16.8 Å². The van der Waals surface area contributed by atoms with Gasteiger partial charge in [0.2, 0.25) is 10.7 Å². The maximum atomic E-state index is 13.3. The zero-order valence-electron chi connectivity index (χ0n) is 13.4. The molecule has 0 radical (unpaired) electrons. The number of aromatic nitrogens is 8. The van der Waals surface area contributed by atoms with Crippen LogP contribution in [0.15, 0.2) is 47.7 Å².